The molecule has 1 N–H and O–H groups in total. The molecular weight excluding hydrogens is 195 g/mol. The van der Waals surface area contributed by atoms with Crippen molar-refractivity contribution < 1.29 is 13.6 Å². The third-order valence-corrected chi connectivity index (χ3v) is 4.01. The molecule has 0 aromatic carbocycles. The van der Waals surface area contributed by atoms with Gasteiger partial charge in [0.05, 0.1) is 0 Å². The van der Waals surface area contributed by atoms with E-state index in [1.807, 2.05) is 0 Å². The minimum absolute atomic E-state index is 0.146. The van der Waals surface area contributed by atoms with Gasteiger partial charge in [-0.3, -0.25) is 0 Å². The summed E-state index contributed by atoms with van der Waals surface area (Å²) < 4.78 is 11.1. The van der Waals surface area contributed by atoms with Gasteiger partial charge in [0.2, 0.25) is 0 Å². The molecule has 0 radical (unpaired) electrons. The van der Waals surface area contributed by atoms with Crippen molar-refractivity contribution in [3.8, 4) is 0 Å². The van der Waals surface area contributed by atoms with Crippen molar-refractivity contribution in [2.75, 3.05) is 0 Å². The Balaban J connectivity index is 3.39. The Kier molecular flexibility index (Phi) is 3.80. The number of aliphatic carboxylic acids is 1. The third kappa shape index (κ3) is 7.83. The average molecular weight is 208 g/mol. The maximum absolute atomic E-state index is 11.1. The molecule has 0 amide bonds. The minimum atomic E-state index is -2.54. The molecule has 10 heavy (non-hydrogen) atoms. The van der Waals surface area contributed by atoms with Crippen molar-refractivity contribution in [2.24, 2.45) is 0 Å². The zero-order valence-corrected chi connectivity index (χ0v) is 8.21. The van der Waals surface area contributed by atoms with Gasteiger partial charge in [-0.1, -0.05) is 0 Å². The van der Waals surface area contributed by atoms with Gasteiger partial charge in [-0.15, -0.1) is 0 Å². The van der Waals surface area contributed by atoms with Gasteiger partial charge in [-0.05, 0) is 0 Å². The van der Waals surface area contributed by atoms with Gasteiger partial charge in [0.25, 0.3) is 0 Å². The predicted octanol–water partition coefficient (Wildman–Crippen LogP) is 1.49. The van der Waals surface area contributed by atoms with Crippen LogP contribution in [0.1, 0.15) is 12.8 Å². The van der Waals surface area contributed by atoms with Crippen LogP contribution < -0.4 is 0 Å². The van der Waals surface area contributed by atoms with Crippen LogP contribution in [0.15, 0.2) is 0 Å². The number of rotatable bonds is 4. The molecule has 0 unspecified atom stereocenters. The molecule has 60 valence electrons. The van der Waals surface area contributed by atoms with Crippen molar-refractivity contribution in [1.82, 2.24) is 0 Å². The van der Waals surface area contributed by atoms with Crippen molar-refractivity contribution in [3.63, 3.8) is 0 Å². The molecule has 0 aliphatic heterocycles. The Morgan fingerprint density at radius 3 is 2.30 bits per heavy atom. The van der Waals surface area contributed by atoms with E-state index in [4.69, 9.17) is 5.11 Å². The van der Waals surface area contributed by atoms with E-state index in [-0.39, 0.29) is 6.42 Å². The van der Waals surface area contributed by atoms with Crippen molar-refractivity contribution in [2.45, 2.75) is 29.5 Å². The fourth-order valence-corrected chi connectivity index (χ4v) is 2.54. The Morgan fingerprint density at radius 1 is 1.50 bits per heavy atom. The van der Waals surface area contributed by atoms with E-state index in [0.717, 1.165) is 0 Å². The molecule has 0 aliphatic rings. The first kappa shape index (κ1) is 9.83. The molecule has 0 aliphatic carbocycles. The number of hydrogen-bond donors (Lipinski definition) is 1. The van der Waals surface area contributed by atoms with Crippen LogP contribution >= 0.6 is 0 Å². The van der Waals surface area contributed by atoms with E-state index >= 15 is 0 Å². The van der Waals surface area contributed by atoms with Crippen LogP contribution in [-0.4, -0.2) is 24.6 Å². The first-order valence-corrected chi connectivity index (χ1v) is 9.02. The van der Waals surface area contributed by atoms with E-state index in [1.54, 1.807) is 11.4 Å². The molecule has 0 saturated carbocycles. The second kappa shape index (κ2) is 3.87. The molecule has 0 heterocycles. The van der Waals surface area contributed by atoms with Gasteiger partial charge in [-0.2, -0.15) is 0 Å². The Morgan fingerprint density at radius 2 is 2.00 bits per heavy atom. The van der Waals surface area contributed by atoms with Crippen LogP contribution in [0.5, 0.6) is 0 Å². The second-order valence-electron chi connectivity index (χ2n) is 2.79. The summed E-state index contributed by atoms with van der Waals surface area (Å²) in [5.41, 5.74) is 3.47. The first-order chi connectivity index (χ1) is 4.42. The fourth-order valence-electron chi connectivity index (χ4n) is 0.611. The molecule has 0 atom stereocenters. The molecule has 0 saturated heterocycles. The molecule has 0 rings (SSSR count). The number of hydrogen-bond acceptors (Lipinski definition) is 2. The summed E-state index contributed by atoms with van der Waals surface area (Å²) in [4.78, 5) is 10.0. The van der Waals surface area contributed by atoms with E-state index < -0.39 is 19.5 Å². The second-order valence-corrected chi connectivity index (χ2v) is 10.3. The molecule has 0 fully saturated rings. The Labute approximate surface area is 63.1 Å². The number of carboxylic acid groups (broad SMARTS) is 1. The van der Waals surface area contributed by atoms with Crippen molar-refractivity contribution >= 4 is 19.5 Å². The van der Waals surface area contributed by atoms with Gasteiger partial charge in [0.15, 0.2) is 0 Å². The summed E-state index contributed by atoms with van der Waals surface area (Å²) in [5, 5.41) is 8.83. The average Bonchev–Trinajstić information content (AvgIpc) is 1.59. The van der Waals surface area contributed by atoms with Crippen molar-refractivity contribution in [3.05, 3.63) is 0 Å². The summed E-state index contributed by atoms with van der Waals surface area (Å²) >= 11 is -2.54. The molecule has 4 heteroatoms. The maximum atomic E-state index is 11.1. The third-order valence-electron chi connectivity index (χ3n) is 1.09. The predicted molar refractivity (Wildman–Crippen MR) is 39.8 cm³/mol. The van der Waals surface area contributed by atoms with Crippen LogP contribution in [0, 0.1) is 0 Å². The molecule has 0 bridgehead atoms. The van der Waals surface area contributed by atoms with Gasteiger partial charge in [0.1, 0.15) is 0 Å². The molecular formula is C6H13AsO3. The van der Waals surface area contributed by atoms with Crippen LogP contribution in [0.25, 0.3) is 0 Å². The normalized spacial score (nSPS) is 11.4. The van der Waals surface area contributed by atoms with E-state index in [9.17, 15) is 8.53 Å². The summed E-state index contributed by atoms with van der Waals surface area (Å²) in [6.45, 7) is 0. The standard InChI is InChI=1S/C6H13AsO3/c1-7(2,10)5-3-4-6(8)9/h3-5H2,1-2H3,(H,8,9). The number of carboxylic acids is 1. The van der Waals surface area contributed by atoms with Crippen LogP contribution in [0.2, 0.25) is 16.6 Å². The zero-order valence-electron chi connectivity index (χ0n) is 6.33. The summed E-state index contributed by atoms with van der Waals surface area (Å²) in [5.74, 6) is -0.802. The Bertz CT molecular complexity index is 158. The first-order valence-electron chi connectivity index (χ1n) is 3.17. The SMILES string of the molecule is C[As](C)(=O)CCCC(=O)O. The Hall–Kier alpha value is -0.172. The summed E-state index contributed by atoms with van der Waals surface area (Å²) in [6, 6.07) is 0. The van der Waals surface area contributed by atoms with Gasteiger partial charge in [-0.25, -0.2) is 0 Å². The monoisotopic (exact) mass is 208 g/mol. The van der Waals surface area contributed by atoms with Gasteiger partial charge in [0, 0.05) is 0 Å². The summed E-state index contributed by atoms with van der Waals surface area (Å²) in [7, 11) is 0. The van der Waals surface area contributed by atoms with Crippen LogP contribution in [-0.2, 0) is 8.53 Å². The molecule has 0 spiro atoms. The molecule has 0 aromatic rings. The molecule has 3 nitrogen and oxygen atoms in total. The van der Waals surface area contributed by atoms with Crippen LogP contribution in [0.4, 0.5) is 0 Å². The summed E-state index contributed by atoms with van der Waals surface area (Å²) in [6.07, 6.45) is 0.700. The van der Waals surface area contributed by atoms with Crippen molar-refractivity contribution in [1.29, 1.82) is 0 Å². The van der Waals surface area contributed by atoms with Crippen LogP contribution in [0.3, 0.4) is 0 Å². The molecule has 0 aromatic heterocycles. The topological polar surface area (TPSA) is 54.4 Å². The van der Waals surface area contributed by atoms with Gasteiger partial charge >= 0.3 is 62.6 Å². The van der Waals surface area contributed by atoms with E-state index in [0.29, 0.717) is 11.6 Å². The fraction of sp³-hybridized carbons (Fsp3) is 0.833. The number of carbonyl (C=O) groups is 1. The van der Waals surface area contributed by atoms with Gasteiger partial charge < -0.3 is 0 Å². The van der Waals surface area contributed by atoms with E-state index in [1.165, 1.54) is 0 Å². The van der Waals surface area contributed by atoms with E-state index in [2.05, 4.69) is 0 Å². The quantitative estimate of drug-likeness (QED) is 0.712. The zero-order chi connectivity index (χ0) is 8.20.